The molecule has 1 heterocycles. The van der Waals surface area contributed by atoms with E-state index in [-0.39, 0.29) is 11.7 Å². The summed E-state index contributed by atoms with van der Waals surface area (Å²) in [7, 11) is 2.10. The molecule has 23 heavy (non-hydrogen) atoms. The van der Waals surface area contributed by atoms with Gasteiger partial charge in [-0.2, -0.15) is 0 Å². The lowest BCUT2D eigenvalue weighted by molar-refractivity contribution is -0.125. The van der Waals surface area contributed by atoms with Crippen molar-refractivity contribution in [2.45, 2.75) is 46.1 Å². The van der Waals surface area contributed by atoms with Gasteiger partial charge < -0.3 is 10.2 Å². The fourth-order valence-electron chi connectivity index (χ4n) is 2.88. The minimum Gasteiger partial charge on any atom is -0.350 e. The molecule has 0 radical (unpaired) electrons. The normalized spacial score (nSPS) is 18.9. The van der Waals surface area contributed by atoms with E-state index >= 15 is 0 Å². The van der Waals surface area contributed by atoms with Crippen molar-refractivity contribution in [3.05, 3.63) is 35.4 Å². The second-order valence-corrected chi connectivity index (χ2v) is 7.49. The Labute approximate surface area is 139 Å². The van der Waals surface area contributed by atoms with Crippen LogP contribution in [0.3, 0.4) is 0 Å². The van der Waals surface area contributed by atoms with Crippen molar-refractivity contribution in [3.63, 3.8) is 0 Å². The van der Waals surface area contributed by atoms with Crippen molar-refractivity contribution >= 4 is 11.7 Å². The highest BCUT2D eigenvalue weighted by Crippen LogP contribution is 2.20. The van der Waals surface area contributed by atoms with Gasteiger partial charge in [0.25, 0.3) is 5.91 Å². The summed E-state index contributed by atoms with van der Waals surface area (Å²) in [4.78, 5) is 27.1. The maximum absolute atomic E-state index is 12.5. The number of carbonyl (C=O) groups is 2. The summed E-state index contributed by atoms with van der Waals surface area (Å²) in [5, 5.41) is 3.03. The molecule has 1 aromatic rings. The first kappa shape index (κ1) is 17.7. The summed E-state index contributed by atoms with van der Waals surface area (Å²) in [6, 6.07) is 7.83. The van der Waals surface area contributed by atoms with Crippen LogP contribution in [0, 0.1) is 5.41 Å². The number of likely N-dealkylation sites (N-methyl/N-ethyl adjacent to an activating group) is 1. The van der Waals surface area contributed by atoms with Crippen LogP contribution in [0.2, 0.25) is 0 Å². The molecule has 1 amide bonds. The van der Waals surface area contributed by atoms with E-state index in [1.807, 2.05) is 39.0 Å². The second-order valence-electron chi connectivity index (χ2n) is 7.49. The minimum atomic E-state index is -0.393. The Kier molecular flexibility index (Phi) is 5.58. The number of rotatable bonds is 5. The van der Waals surface area contributed by atoms with Crippen molar-refractivity contribution in [3.8, 4) is 0 Å². The van der Waals surface area contributed by atoms with Gasteiger partial charge in [0.1, 0.15) is 5.78 Å². The van der Waals surface area contributed by atoms with Crippen LogP contribution in [0.1, 0.15) is 49.5 Å². The third kappa shape index (κ3) is 4.64. The minimum absolute atomic E-state index is 0.0809. The first-order chi connectivity index (χ1) is 10.8. The Morgan fingerprint density at radius 1 is 1.26 bits per heavy atom. The molecule has 1 atom stereocenters. The SMILES string of the molecule is CN1CCCC1CNC(=O)c1ccccc1CC(=O)C(C)(C)C. The van der Waals surface area contributed by atoms with E-state index in [1.54, 1.807) is 6.07 Å². The molecule has 126 valence electrons. The smallest absolute Gasteiger partial charge is 0.251 e. The highest BCUT2D eigenvalue weighted by atomic mass is 16.1. The van der Waals surface area contributed by atoms with Gasteiger partial charge in [0, 0.05) is 30.0 Å². The van der Waals surface area contributed by atoms with Gasteiger partial charge in [0.05, 0.1) is 0 Å². The highest BCUT2D eigenvalue weighted by molar-refractivity contribution is 5.97. The predicted octanol–water partition coefficient (Wildman–Crippen LogP) is 2.67. The van der Waals surface area contributed by atoms with Crippen LogP contribution in [0.5, 0.6) is 0 Å². The van der Waals surface area contributed by atoms with E-state index in [2.05, 4.69) is 17.3 Å². The number of benzene rings is 1. The van der Waals surface area contributed by atoms with Crippen molar-refractivity contribution < 1.29 is 9.59 Å². The van der Waals surface area contributed by atoms with Gasteiger partial charge in [-0.05, 0) is 38.1 Å². The third-order valence-corrected chi connectivity index (χ3v) is 4.62. The Balaban J connectivity index is 2.04. The molecule has 4 nitrogen and oxygen atoms in total. The molecular formula is C19H28N2O2. The van der Waals surface area contributed by atoms with Crippen LogP contribution in [0.4, 0.5) is 0 Å². The topological polar surface area (TPSA) is 49.4 Å². The van der Waals surface area contributed by atoms with Gasteiger partial charge in [-0.25, -0.2) is 0 Å². The van der Waals surface area contributed by atoms with Gasteiger partial charge in [0.15, 0.2) is 0 Å². The Hall–Kier alpha value is -1.68. The monoisotopic (exact) mass is 316 g/mol. The molecule has 4 heteroatoms. The van der Waals surface area contributed by atoms with Crippen LogP contribution in [0.25, 0.3) is 0 Å². The van der Waals surface area contributed by atoms with Crippen LogP contribution in [0.15, 0.2) is 24.3 Å². The molecule has 2 rings (SSSR count). The molecule has 1 aliphatic heterocycles. The lowest BCUT2D eigenvalue weighted by Crippen LogP contribution is -2.38. The number of hydrogen-bond donors (Lipinski definition) is 1. The first-order valence-corrected chi connectivity index (χ1v) is 8.38. The quantitative estimate of drug-likeness (QED) is 0.908. The molecule has 1 aromatic carbocycles. The third-order valence-electron chi connectivity index (χ3n) is 4.62. The van der Waals surface area contributed by atoms with Crippen molar-refractivity contribution in [2.75, 3.05) is 20.1 Å². The average molecular weight is 316 g/mol. The number of ketones is 1. The van der Waals surface area contributed by atoms with Crippen molar-refractivity contribution in [2.24, 2.45) is 5.41 Å². The molecule has 1 aliphatic rings. The lowest BCUT2D eigenvalue weighted by atomic mass is 9.86. The molecule has 1 N–H and O–H groups in total. The van der Waals surface area contributed by atoms with Crippen LogP contribution in [-0.4, -0.2) is 42.8 Å². The molecular weight excluding hydrogens is 288 g/mol. The second kappa shape index (κ2) is 7.26. The number of nitrogens with one attached hydrogen (secondary N) is 1. The van der Waals surface area contributed by atoms with Crippen molar-refractivity contribution in [1.82, 2.24) is 10.2 Å². The van der Waals surface area contributed by atoms with E-state index in [0.29, 0.717) is 24.6 Å². The number of Topliss-reactive ketones (excluding diaryl/α,β-unsaturated/α-hetero) is 1. The summed E-state index contributed by atoms with van der Waals surface area (Å²) in [5.74, 6) is 0.0656. The predicted molar refractivity (Wildman–Crippen MR) is 92.6 cm³/mol. The maximum Gasteiger partial charge on any atom is 0.251 e. The standard InChI is InChI=1S/C19H28N2O2/c1-19(2,3)17(22)12-14-8-5-6-10-16(14)18(23)20-13-15-9-7-11-21(15)4/h5-6,8,10,15H,7,9,11-13H2,1-4H3,(H,20,23). The van der Waals surface area contributed by atoms with Gasteiger partial charge in [-0.15, -0.1) is 0 Å². The Bertz CT molecular complexity index is 575. The van der Waals surface area contributed by atoms with Gasteiger partial charge in [-0.3, -0.25) is 9.59 Å². The summed E-state index contributed by atoms with van der Waals surface area (Å²) in [5.41, 5.74) is 1.03. The molecule has 1 saturated heterocycles. The molecule has 0 bridgehead atoms. The number of likely N-dealkylation sites (tertiary alicyclic amines) is 1. The maximum atomic E-state index is 12.5. The fourth-order valence-corrected chi connectivity index (χ4v) is 2.88. The highest BCUT2D eigenvalue weighted by Gasteiger charge is 2.24. The largest absolute Gasteiger partial charge is 0.350 e. The summed E-state index contributed by atoms with van der Waals surface area (Å²) < 4.78 is 0. The Morgan fingerprint density at radius 2 is 1.96 bits per heavy atom. The fraction of sp³-hybridized carbons (Fsp3) is 0.579. The van der Waals surface area contributed by atoms with Gasteiger partial charge in [-0.1, -0.05) is 39.0 Å². The van der Waals surface area contributed by atoms with Crippen LogP contribution >= 0.6 is 0 Å². The molecule has 0 spiro atoms. The molecule has 0 saturated carbocycles. The summed E-state index contributed by atoms with van der Waals surface area (Å²) in [6.07, 6.45) is 2.62. The van der Waals surface area contributed by atoms with E-state index in [4.69, 9.17) is 0 Å². The first-order valence-electron chi connectivity index (χ1n) is 8.38. The zero-order chi connectivity index (χ0) is 17.0. The molecule has 0 aliphatic carbocycles. The Morgan fingerprint density at radius 3 is 2.57 bits per heavy atom. The number of carbonyl (C=O) groups excluding carboxylic acids is 2. The number of hydrogen-bond acceptors (Lipinski definition) is 3. The summed E-state index contributed by atoms with van der Waals surface area (Å²) in [6.45, 7) is 7.49. The van der Waals surface area contributed by atoms with Crippen LogP contribution in [-0.2, 0) is 11.2 Å². The zero-order valence-corrected chi connectivity index (χ0v) is 14.7. The lowest BCUT2D eigenvalue weighted by Gasteiger charge is -2.20. The number of amides is 1. The average Bonchev–Trinajstić information content (AvgIpc) is 2.89. The van der Waals surface area contributed by atoms with Crippen molar-refractivity contribution in [1.29, 1.82) is 0 Å². The van der Waals surface area contributed by atoms with E-state index in [0.717, 1.165) is 18.5 Å². The number of nitrogens with zero attached hydrogens (tertiary/aromatic N) is 1. The molecule has 1 fully saturated rings. The van der Waals surface area contributed by atoms with E-state index < -0.39 is 5.41 Å². The van der Waals surface area contributed by atoms with Crippen LogP contribution < -0.4 is 5.32 Å². The van der Waals surface area contributed by atoms with E-state index in [9.17, 15) is 9.59 Å². The van der Waals surface area contributed by atoms with Gasteiger partial charge in [0.2, 0.25) is 0 Å². The summed E-state index contributed by atoms with van der Waals surface area (Å²) >= 11 is 0. The van der Waals surface area contributed by atoms with E-state index in [1.165, 1.54) is 6.42 Å². The molecule has 0 aromatic heterocycles. The van der Waals surface area contributed by atoms with Gasteiger partial charge >= 0.3 is 0 Å². The zero-order valence-electron chi connectivity index (χ0n) is 14.7. The molecule has 1 unspecified atom stereocenters.